The van der Waals surface area contributed by atoms with Crippen molar-refractivity contribution >= 4 is 5.97 Å². The van der Waals surface area contributed by atoms with Gasteiger partial charge in [-0.1, -0.05) is 6.92 Å². The summed E-state index contributed by atoms with van der Waals surface area (Å²) in [5.74, 6) is -3.37. The molecular weight excluding hydrogens is 185 g/mol. The van der Waals surface area contributed by atoms with Gasteiger partial charge < -0.3 is 4.74 Å². The van der Waals surface area contributed by atoms with Gasteiger partial charge in [0.25, 0.3) is 0 Å². The fourth-order valence-corrected chi connectivity index (χ4v) is 1.50. The molecular formula is C8H11F3O2. The van der Waals surface area contributed by atoms with Crippen molar-refractivity contribution in [2.24, 2.45) is 11.8 Å². The van der Waals surface area contributed by atoms with Crippen molar-refractivity contribution in [1.82, 2.24) is 0 Å². The fourth-order valence-electron chi connectivity index (χ4n) is 1.50. The van der Waals surface area contributed by atoms with E-state index in [2.05, 4.69) is 4.74 Å². The maximum atomic E-state index is 12.3. The van der Waals surface area contributed by atoms with Gasteiger partial charge in [-0.25, -0.2) is 0 Å². The lowest BCUT2D eigenvalue weighted by atomic mass is 9.86. The summed E-state index contributed by atoms with van der Waals surface area (Å²) >= 11 is 0. The lowest BCUT2D eigenvalue weighted by molar-refractivity contribution is -0.218. The van der Waals surface area contributed by atoms with Crippen LogP contribution in [0.2, 0.25) is 0 Å². The quantitative estimate of drug-likeness (QED) is 0.555. The first-order valence-electron chi connectivity index (χ1n) is 4.09. The van der Waals surface area contributed by atoms with Gasteiger partial charge in [-0.15, -0.1) is 0 Å². The number of carbonyl (C=O) groups excluding carboxylic acids is 1. The molecule has 2 nitrogen and oxygen atoms in total. The van der Waals surface area contributed by atoms with E-state index < -0.39 is 30.1 Å². The maximum absolute atomic E-state index is 12.3. The second-order valence-electron chi connectivity index (χ2n) is 3.42. The maximum Gasteiger partial charge on any atom is 0.392 e. The average molecular weight is 196 g/mol. The Labute approximate surface area is 74.1 Å². The van der Waals surface area contributed by atoms with Gasteiger partial charge in [0.2, 0.25) is 0 Å². The average Bonchev–Trinajstić information content (AvgIpc) is 1.94. The highest BCUT2D eigenvalue weighted by atomic mass is 19.4. The number of rotatable bonds is 0. The molecule has 0 aromatic heterocycles. The van der Waals surface area contributed by atoms with E-state index in [-0.39, 0.29) is 6.42 Å². The van der Waals surface area contributed by atoms with E-state index in [0.717, 1.165) is 0 Å². The standard InChI is InChI=1S/C8H11F3O2/c1-4-3-6(8(9,10)11)5(2)7(12)13-4/h4-6H,3H2,1-2H3. The van der Waals surface area contributed by atoms with Crippen molar-refractivity contribution in [2.45, 2.75) is 32.5 Å². The van der Waals surface area contributed by atoms with Crippen LogP contribution in [0, 0.1) is 11.8 Å². The van der Waals surface area contributed by atoms with E-state index in [4.69, 9.17) is 0 Å². The number of ether oxygens (including phenoxy) is 1. The lowest BCUT2D eigenvalue weighted by Crippen LogP contribution is -2.42. The monoisotopic (exact) mass is 196 g/mol. The molecule has 76 valence electrons. The number of cyclic esters (lactones) is 1. The van der Waals surface area contributed by atoms with Gasteiger partial charge >= 0.3 is 12.1 Å². The predicted octanol–water partition coefficient (Wildman–Crippen LogP) is 2.14. The summed E-state index contributed by atoms with van der Waals surface area (Å²) in [6.07, 6.45) is -5.06. The molecule has 0 saturated carbocycles. The summed E-state index contributed by atoms with van der Waals surface area (Å²) in [6, 6.07) is 0. The van der Waals surface area contributed by atoms with Crippen LogP contribution >= 0.6 is 0 Å². The molecule has 0 radical (unpaired) electrons. The molecule has 0 N–H and O–H groups in total. The predicted molar refractivity (Wildman–Crippen MR) is 38.9 cm³/mol. The normalized spacial score (nSPS) is 35.8. The van der Waals surface area contributed by atoms with Crippen LogP contribution in [0.3, 0.4) is 0 Å². The first kappa shape index (κ1) is 10.3. The number of alkyl halides is 3. The number of hydrogen-bond acceptors (Lipinski definition) is 2. The Bertz CT molecular complexity index is 212. The molecule has 3 unspecified atom stereocenters. The summed E-state index contributed by atoms with van der Waals surface area (Å²) in [4.78, 5) is 10.9. The Balaban J connectivity index is 2.78. The van der Waals surface area contributed by atoms with E-state index in [1.165, 1.54) is 13.8 Å². The highest BCUT2D eigenvalue weighted by Gasteiger charge is 2.49. The zero-order valence-electron chi connectivity index (χ0n) is 7.39. The largest absolute Gasteiger partial charge is 0.462 e. The third kappa shape index (κ3) is 2.14. The van der Waals surface area contributed by atoms with Crippen LogP contribution < -0.4 is 0 Å². The Hall–Kier alpha value is -0.740. The Morgan fingerprint density at radius 3 is 2.38 bits per heavy atom. The molecule has 0 aliphatic carbocycles. The smallest absolute Gasteiger partial charge is 0.392 e. The molecule has 3 atom stereocenters. The minimum Gasteiger partial charge on any atom is -0.462 e. The SMILES string of the molecule is CC1CC(C(F)(F)F)C(C)C(=O)O1. The van der Waals surface area contributed by atoms with Gasteiger partial charge in [0.05, 0.1) is 17.9 Å². The molecule has 1 heterocycles. The number of halogens is 3. The zero-order valence-corrected chi connectivity index (χ0v) is 7.39. The number of esters is 1. The van der Waals surface area contributed by atoms with Gasteiger partial charge in [0.15, 0.2) is 0 Å². The number of carbonyl (C=O) groups is 1. The molecule has 1 rings (SSSR count). The molecule has 0 aromatic rings. The zero-order chi connectivity index (χ0) is 10.2. The van der Waals surface area contributed by atoms with Gasteiger partial charge in [-0.2, -0.15) is 13.2 Å². The molecule has 1 aliphatic heterocycles. The van der Waals surface area contributed by atoms with E-state index in [1.807, 2.05) is 0 Å². The lowest BCUT2D eigenvalue weighted by Gasteiger charge is -2.32. The van der Waals surface area contributed by atoms with Crippen LogP contribution in [0.4, 0.5) is 13.2 Å². The van der Waals surface area contributed by atoms with E-state index in [1.54, 1.807) is 0 Å². The van der Waals surface area contributed by atoms with Gasteiger partial charge in [-0.05, 0) is 13.3 Å². The van der Waals surface area contributed by atoms with Crippen LogP contribution in [0.15, 0.2) is 0 Å². The van der Waals surface area contributed by atoms with Crippen LogP contribution in [-0.4, -0.2) is 18.2 Å². The summed E-state index contributed by atoms with van der Waals surface area (Å²) in [6.45, 7) is 2.73. The molecule has 13 heavy (non-hydrogen) atoms. The van der Waals surface area contributed by atoms with Crippen LogP contribution in [0.5, 0.6) is 0 Å². The van der Waals surface area contributed by atoms with E-state index in [9.17, 15) is 18.0 Å². The minimum absolute atomic E-state index is 0.129. The van der Waals surface area contributed by atoms with E-state index >= 15 is 0 Å². The highest BCUT2D eigenvalue weighted by molar-refractivity contribution is 5.73. The first-order chi connectivity index (χ1) is 5.82. The van der Waals surface area contributed by atoms with Crippen molar-refractivity contribution in [2.75, 3.05) is 0 Å². The Morgan fingerprint density at radius 2 is 1.92 bits per heavy atom. The minimum atomic E-state index is -4.30. The van der Waals surface area contributed by atoms with Gasteiger partial charge in [0.1, 0.15) is 0 Å². The second kappa shape index (κ2) is 3.20. The summed E-state index contributed by atoms with van der Waals surface area (Å²) < 4.78 is 41.7. The molecule has 0 aromatic carbocycles. The van der Waals surface area contributed by atoms with Crippen molar-refractivity contribution in [1.29, 1.82) is 0 Å². The molecule has 1 aliphatic rings. The van der Waals surface area contributed by atoms with Crippen LogP contribution in [-0.2, 0) is 9.53 Å². The van der Waals surface area contributed by atoms with Crippen molar-refractivity contribution < 1.29 is 22.7 Å². The van der Waals surface area contributed by atoms with Gasteiger partial charge in [0, 0.05) is 0 Å². The Kier molecular flexibility index (Phi) is 2.54. The highest BCUT2D eigenvalue weighted by Crippen LogP contribution is 2.39. The molecule has 1 saturated heterocycles. The summed E-state index contributed by atoms with van der Waals surface area (Å²) in [7, 11) is 0. The fraction of sp³-hybridized carbons (Fsp3) is 0.875. The van der Waals surface area contributed by atoms with E-state index in [0.29, 0.717) is 0 Å². The van der Waals surface area contributed by atoms with Crippen molar-refractivity contribution in [3.8, 4) is 0 Å². The first-order valence-corrected chi connectivity index (χ1v) is 4.09. The molecule has 5 heteroatoms. The topological polar surface area (TPSA) is 26.3 Å². The molecule has 0 spiro atoms. The number of hydrogen-bond donors (Lipinski definition) is 0. The second-order valence-corrected chi connectivity index (χ2v) is 3.42. The van der Waals surface area contributed by atoms with Crippen molar-refractivity contribution in [3.63, 3.8) is 0 Å². The molecule has 0 bridgehead atoms. The summed E-state index contributed by atoms with van der Waals surface area (Å²) in [5.41, 5.74) is 0. The Morgan fingerprint density at radius 1 is 1.38 bits per heavy atom. The van der Waals surface area contributed by atoms with Crippen LogP contribution in [0.1, 0.15) is 20.3 Å². The van der Waals surface area contributed by atoms with Crippen LogP contribution in [0.25, 0.3) is 0 Å². The summed E-state index contributed by atoms with van der Waals surface area (Å²) in [5, 5.41) is 0. The molecule has 1 fully saturated rings. The van der Waals surface area contributed by atoms with Gasteiger partial charge in [-0.3, -0.25) is 4.79 Å². The third-order valence-corrected chi connectivity index (χ3v) is 2.30. The van der Waals surface area contributed by atoms with Crippen molar-refractivity contribution in [3.05, 3.63) is 0 Å². The third-order valence-electron chi connectivity index (χ3n) is 2.30. The molecule has 0 amide bonds.